The predicted octanol–water partition coefficient (Wildman–Crippen LogP) is -0.680. The minimum atomic E-state index is -1.23. The summed E-state index contributed by atoms with van der Waals surface area (Å²) in [6, 6.07) is 1.66. The Bertz CT molecular complexity index is 772. The number of hydrogen-bond donors (Lipinski definition) is 3. The highest BCUT2D eigenvalue weighted by Gasteiger charge is 2.21. The molecular formula is C14H18N6O4. The average molecular weight is 334 g/mol. The Balaban J connectivity index is 1.86. The van der Waals surface area contributed by atoms with Crippen LogP contribution in [-0.4, -0.2) is 55.5 Å². The van der Waals surface area contributed by atoms with Crippen molar-refractivity contribution in [3.8, 4) is 0 Å². The fraction of sp³-hybridized carbons (Fsp3) is 0.357. The van der Waals surface area contributed by atoms with E-state index in [2.05, 4.69) is 20.8 Å². The molecule has 24 heavy (non-hydrogen) atoms. The molecule has 0 unspecified atom stereocenters. The van der Waals surface area contributed by atoms with Gasteiger partial charge in [0.25, 0.3) is 11.8 Å². The molecule has 0 spiro atoms. The van der Waals surface area contributed by atoms with Crippen molar-refractivity contribution in [1.82, 2.24) is 30.2 Å². The van der Waals surface area contributed by atoms with E-state index in [4.69, 9.17) is 5.11 Å². The number of aromatic carboxylic acids is 1. The second kappa shape index (κ2) is 6.94. The van der Waals surface area contributed by atoms with Crippen LogP contribution < -0.4 is 10.6 Å². The second-order valence-electron chi connectivity index (χ2n) is 5.14. The van der Waals surface area contributed by atoms with Crippen LogP contribution >= 0.6 is 0 Å². The summed E-state index contributed by atoms with van der Waals surface area (Å²) >= 11 is 0. The highest BCUT2D eigenvalue weighted by atomic mass is 16.4. The zero-order chi connectivity index (χ0) is 17.9. The van der Waals surface area contributed by atoms with Gasteiger partial charge in [0, 0.05) is 32.9 Å². The summed E-state index contributed by atoms with van der Waals surface area (Å²) in [5.74, 6) is -2.15. The van der Waals surface area contributed by atoms with Gasteiger partial charge in [-0.25, -0.2) is 4.79 Å². The first-order valence-electron chi connectivity index (χ1n) is 7.13. The van der Waals surface area contributed by atoms with E-state index in [-0.39, 0.29) is 30.3 Å². The Labute approximate surface area is 137 Å². The maximum absolute atomic E-state index is 12.1. The van der Waals surface area contributed by atoms with E-state index < -0.39 is 11.9 Å². The maximum atomic E-state index is 12.1. The van der Waals surface area contributed by atoms with Gasteiger partial charge in [0.2, 0.25) is 0 Å². The summed E-state index contributed by atoms with van der Waals surface area (Å²) in [6.45, 7) is 2.15. The minimum Gasteiger partial charge on any atom is -0.478 e. The van der Waals surface area contributed by atoms with Crippen LogP contribution in [0.15, 0.2) is 12.3 Å². The van der Waals surface area contributed by atoms with E-state index in [1.807, 2.05) is 6.92 Å². The van der Waals surface area contributed by atoms with E-state index in [9.17, 15) is 14.4 Å². The van der Waals surface area contributed by atoms with E-state index >= 15 is 0 Å². The smallest absolute Gasteiger partial charge is 0.339 e. The number of nitrogens with one attached hydrogen (secondary N) is 2. The quantitative estimate of drug-likeness (QED) is 0.600. The van der Waals surface area contributed by atoms with Gasteiger partial charge in [-0.1, -0.05) is 0 Å². The summed E-state index contributed by atoms with van der Waals surface area (Å²) < 4.78 is 2.78. The molecule has 0 atom stereocenters. The first-order chi connectivity index (χ1) is 11.3. The van der Waals surface area contributed by atoms with Gasteiger partial charge < -0.3 is 15.7 Å². The molecule has 3 N–H and O–H groups in total. The van der Waals surface area contributed by atoms with Crippen molar-refractivity contribution in [2.24, 2.45) is 14.1 Å². The number of aromatic nitrogens is 4. The van der Waals surface area contributed by atoms with E-state index in [1.54, 1.807) is 17.8 Å². The number of carbonyl (C=O) groups is 3. The molecule has 10 nitrogen and oxygen atoms in total. The van der Waals surface area contributed by atoms with Gasteiger partial charge in [-0.15, -0.1) is 0 Å². The molecule has 0 aliphatic heterocycles. The van der Waals surface area contributed by atoms with Crippen LogP contribution in [0, 0.1) is 6.92 Å². The van der Waals surface area contributed by atoms with Gasteiger partial charge in [-0.05, 0) is 13.0 Å². The Morgan fingerprint density at radius 2 is 1.75 bits per heavy atom. The Morgan fingerprint density at radius 1 is 1.12 bits per heavy atom. The summed E-state index contributed by atoms with van der Waals surface area (Å²) in [7, 11) is 3.22. The Morgan fingerprint density at radius 3 is 2.29 bits per heavy atom. The normalized spacial score (nSPS) is 10.5. The largest absolute Gasteiger partial charge is 0.478 e. The lowest BCUT2D eigenvalue weighted by atomic mass is 10.2. The van der Waals surface area contributed by atoms with Crippen molar-refractivity contribution in [3.63, 3.8) is 0 Å². The zero-order valence-corrected chi connectivity index (χ0v) is 13.5. The number of aryl methyl sites for hydroxylation is 3. The molecular weight excluding hydrogens is 316 g/mol. The zero-order valence-electron chi connectivity index (χ0n) is 13.5. The predicted molar refractivity (Wildman–Crippen MR) is 82.8 cm³/mol. The first-order valence-corrected chi connectivity index (χ1v) is 7.13. The van der Waals surface area contributed by atoms with E-state index in [0.717, 1.165) is 11.9 Å². The molecule has 0 aliphatic carbocycles. The summed E-state index contributed by atoms with van der Waals surface area (Å²) in [6.07, 6.45) is 1.11. The number of nitrogens with zero attached hydrogens (tertiary/aromatic N) is 4. The maximum Gasteiger partial charge on any atom is 0.339 e. The van der Waals surface area contributed by atoms with Gasteiger partial charge in [0.05, 0.1) is 6.20 Å². The van der Waals surface area contributed by atoms with Gasteiger partial charge >= 0.3 is 5.97 Å². The highest BCUT2D eigenvalue weighted by Crippen LogP contribution is 2.07. The Kier molecular flexibility index (Phi) is 4.97. The number of amides is 2. The number of carboxylic acids is 1. The molecule has 0 fully saturated rings. The van der Waals surface area contributed by atoms with Gasteiger partial charge in [-0.2, -0.15) is 10.2 Å². The third kappa shape index (κ3) is 3.59. The fourth-order valence-electron chi connectivity index (χ4n) is 2.06. The van der Waals surface area contributed by atoms with Gasteiger partial charge in [-0.3, -0.25) is 19.0 Å². The van der Waals surface area contributed by atoms with Gasteiger partial charge in [0.1, 0.15) is 17.0 Å². The molecule has 2 heterocycles. The fourth-order valence-corrected chi connectivity index (χ4v) is 2.06. The van der Waals surface area contributed by atoms with Crippen molar-refractivity contribution in [2.45, 2.75) is 6.92 Å². The molecule has 0 bridgehead atoms. The number of rotatable bonds is 6. The lowest BCUT2D eigenvalue weighted by molar-refractivity contribution is 0.0690. The first kappa shape index (κ1) is 17.2. The van der Waals surface area contributed by atoms with Crippen LogP contribution in [0.3, 0.4) is 0 Å². The molecule has 2 aromatic heterocycles. The molecule has 0 saturated carbocycles. The molecule has 10 heteroatoms. The standard InChI is InChI=1S/C14H18N6O4/c1-8-6-10(18-19(8)2)12(21)15-4-5-16-13(22)11-9(14(23)24)7-17-20(11)3/h6-7H,4-5H2,1-3H3,(H,15,21)(H,16,22)(H,23,24). The van der Waals surface area contributed by atoms with Crippen molar-refractivity contribution in [1.29, 1.82) is 0 Å². The van der Waals surface area contributed by atoms with Crippen molar-refractivity contribution in [2.75, 3.05) is 13.1 Å². The van der Waals surface area contributed by atoms with Crippen LogP contribution in [0.5, 0.6) is 0 Å². The Hall–Kier alpha value is -3.17. The summed E-state index contributed by atoms with van der Waals surface area (Å²) in [4.78, 5) is 35.0. The summed E-state index contributed by atoms with van der Waals surface area (Å²) in [5, 5.41) is 22.0. The molecule has 0 aliphatic rings. The lowest BCUT2D eigenvalue weighted by Gasteiger charge is -2.07. The molecule has 0 aromatic carbocycles. The van der Waals surface area contributed by atoms with Crippen molar-refractivity contribution < 1.29 is 19.5 Å². The SMILES string of the molecule is Cc1cc(C(=O)NCCNC(=O)c2c(C(=O)O)cnn2C)nn1C. The van der Waals surface area contributed by atoms with Crippen LogP contribution in [0.25, 0.3) is 0 Å². The van der Waals surface area contributed by atoms with Crippen molar-refractivity contribution in [3.05, 3.63) is 34.9 Å². The molecule has 2 amide bonds. The van der Waals surface area contributed by atoms with E-state index in [1.165, 1.54) is 11.7 Å². The monoisotopic (exact) mass is 334 g/mol. The van der Waals surface area contributed by atoms with Crippen LogP contribution in [0.1, 0.15) is 37.0 Å². The molecule has 0 radical (unpaired) electrons. The molecule has 128 valence electrons. The number of hydrogen-bond acceptors (Lipinski definition) is 5. The highest BCUT2D eigenvalue weighted by molar-refractivity contribution is 6.03. The van der Waals surface area contributed by atoms with Crippen LogP contribution in [0.4, 0.5) is 0 Å². The van der Waals surface area contributed by atoms with Crippen molar-refractivity contribution >= 4 is 17.8 Å². The lowest BCUT2D eigenvalue weighted by Crippen LogP contribution is -2.36. The van der Waals surface area contributed by atoms with E-state index in [0.29, 0.717) is 5.69 Å². The number of carboxylic acid groups (broad SMARTS) is 1. The second-order valence-corrected chi connectivity index (χ2v) is 5.14. The van der Waals surface area contributed by atoms with Crippen LogP contribution in [0.2, 0.25) is 0 Å². The summed E-state index contributed by atoms with van der Waals surface area (Å²) in [5.41, 5.74) is 0.921. The average Bonchev–Trinajstić information content (AvgIpc) is 3.06. The number of carbonyl (C=O) groups excluding carboxylic acids is 2. The topological polar surface area (TPSA) is 131 Å². The minimum absolute atomic E-state index is 0.0471. The third-order valence-corrected chi connectivity index (χ3v) is 3.43. The molecule has 0 saturated heterocycles. The third-order valence-electron chi connectivity index (χ3n) is 3.43. The van der Waals surface area contributed by atoms with Crippen LogP contribution in [-0.2, 0) is 14.1 Å². The van der Waals surface area contributed by atoms with Gasteiger partial charge in [0.15, 0.2) is 0 Å². The molecule has 2 rings (SSSR count). The molecule has 2 aromatic rings.